The Morgan fingerprint density at radius 2 is 1.86 bits per heavy atom. The van der Waals surface area contributed by atoms with Crippen LogP contribution in [-0.2, 0) is 0 Å². The summed E-state index contributed by atoms with van der Waals surface area (Å²) in [5, 5.41) is 6.26. The number of rotatable bonds is 6. The smallest absolute Gasteiger partial charge is 0.315 e. The molecular formula is C17H32N4O. The maximum atomic E-state index is 12.1. The maximum Gasteiger partial charge on any atom is 0.315 e. The van der Waals surface area contributed by atoms with Gasteiger partial charge in [0.25, 0.3) is 0 Å². The van der Waals surface area contributed by atoms with Crippen molar-refractivity contribution in [3.05, 3.63) is 0 Å². The van der Waals surface area contributed by atoms with Crippen molar-refractivity contribution >= 4 is 6.03 Å². The van der Waals surface area contributed by atoms with E-state index in [4.69, 9.17) is 0 Å². The van der Waals surface area contributed by atoms with E-state index in [0.717, 1.165) is 38.5 Å². The summed E-state index contributed by atoms with van der Waals surface area (Å²) in [5.41, 5.74) is 0. The van der Waals surface area contributed by atoms with E-state index in [-0.39, 0.29) is 6.03 Å². The minimum Gasteiger partial charge on any atom is -0.337 e. The Balaban J connectivity index is 1.36. The van der Waals surface area contributed by atoms with Crippen molar-refractivity contribution in [3.63, 3.8) is 0 Å². The molecule has 22 heavy (non-hydrogen) atoms. The van der Waals surface area contributed by atoms with Crippen LogP contribution in [0.5, 0.6) is 0 Å². The normalized spacial score (nSPS) is 32.0. The second-order valence-corrected chi connectivity index (χ2v) is 7.33. The van der Waals surface area contributed by atoms with Gasteiger partial charge in [-0.25, -0.2) is 4.79 Å². The Morgan fingerprint density at radius 3 is 2.45 bits per heavy atom. The molecule has 5 heteroatoms. The Hall–Kier alpha value is -0.810. The minimum absolute atomic E-state index is 0.0273. The lowest BCUT2D eigenvalue weighted by Crippen LogP contribution is -2.56. The van der Waals surface area contributed by atoms with Crippen LogP contribution in [0.15, 0.2) is 0 Å². The first-order valence-corrected chi connectivity index (χ1v) is 9.17. The van der Waals surface area contributed by atoms with Crippen LogP contribution in [0.25, 0.3) is 0 Å². The average Bonchev–Trinajstić information content (AvgIpc) is 3.29. The molecule has 0 aromatic rings. The topological polar surface area (TPSA) is 47.6 Å². The third-order valence-electron chi connectivity index (χ3n) is 5.83. The van der Waals surface area contributed by atoms with Crippen molar-refractivity contribution in [2.45, 2.75) is 76.0 Å². The molecule has 0 radical (unpaired) electrons. The zero-order valence-electron chi connectivity index (χ0n) is 14.2. The Morgan fingerprint density at radius 1 is 1.18 bits per heavy atom. The molecule has 2 atom stereocenters. The highest BCUT2D eigenvalue weighted by atomic mass is 16.2. The summed E-state index contributed by atoms with van der Waals surface area (Å²) in [6, 6.07) is 2.51. The molecule has 1 aliphatic carbocycles. The van der Waals surface area contributed by atoms with E-state index >= 15 is 0 Å². The van der Waals surface area contributed by atoms with Crippen molar-refractivity contribution in [3.8, 4) is 0 Å². The Bertz CT molecular complexity index is 371. The molecule has 3 fully saturated rings. The van der Waals surface area contributed by atoms with E-state index < -0.39 is 0 Å². The lowest BCUT2D eigenvalue weighted by molar-refractivity contribution is 0.0509. The number of amides is 2. The van der Waals surface area contributed by atoms with E-state index in [2.05, 4.69) is 34.4 Å². The number of hydrogen-bond donors (Lipinski definition) is 2. The lowest BCUT2D eigenvalue weighted by Gasteiger charge is -2.47. The number of piperidine rings is 2. The van der Waals surface area contributed by atoms with Crippen molar-refractivity contribution in [2.24, 2.45) is 0 Å². The van der Waals surface area contributed by atoms with Crippen molar-refractivity contribution < 1.29 is 4.79 Å². The van der Waals surface area contributed by atoms with Crippen LogP contribution in [0, 0.1) is 0 Å². The van der Waals surface area contributed by atoms with E-state index in [0.29, 0.717) is 18.1 Å². The predicted molar refractivity (Wildman–Crippen MR) is 89.0 cm³/mol. The molecule has 2 amide bonds. The molecule has 0 aromatic heterocycles. The monoisotopic (exact) mass is 308 g/mol. The summed E-state index contributed by atoms with van der Waals surface area (Å²) >= 11 is 0. The maximum absolute atomic E-state index is 12.1. The lowest BCUT2D eigenvalue weighted by atomic mass is 9.82. The van der Waals surface area contributed by atoms with Gasteiger partial charge in [-0.15, -0.1) is 0 Å². The van der Waals surface area contributed by atoms with Crippen LogP contribution in [0.4, 0.5) is 4.79 Å². The van der Waals surface area contributed by atoms with Gasteiger partial charge in [-0.05, 0) is 52.1 Å². The van der Waals surface area contributed by atoms with E-state index in [1.54, 1.807) is 0 Å². The van der Waals surface area contributed by atoms with Gasteiger partial charge in [0.05, 0.1) is 0 Å². The van der Waals surface area contributed by atoms with Gasteiger partial charge in [0, 0.05) is 37.3 Å². The Kier molecular flexibility index (Phi) is 5.24. The number of hydrogen-bond acceptors (Lipinski definition) is 3. The second kappa shape index (κ2) is 7.18. The van der Waals surface area contributed by atoms with Crippen LogP contribution in [-0.4, -0.2) is 66.7 Å². The second-order valence-electron chi connectivity index (χ2n) is 7.33. The molecule has 1 saturated carbocycles. The molecule has 2 aliphatic heterocycles. The van der Waals surface area contributed by atoms with Crippen molar-refractivity contribution in [2.75, 3.05) is 26.7 Å². The number of nitrogens with one attached hydrogen (secondary N) is 2. The summed E-state index contributed by atoms with van der Waals surface area (Å²) in [4.78, 5) is 17.1. The average molecular weight is 308 g/mol. The van der Waals surface area contributed by atoms with Crippen LogP contribution in [0.3, 0.4) is 0 Å². The molecule has 0 spiro atoms. The number of nitrogens with zero attached hydrogens (tertiary/aromatic N) is 2. The third-order valence-corrected chi connectivity index (χ3v) is 5.83. The molecule has 2 heterocycles. The van der Waals surface area contributed by atoms with Gasteiger partial charge in [0.2, 0.25) is 0 Å². The van der Waals surface area contributed by atoms with Gasteiger partial charge in [-0.3, -0.25) is 4.90 Å². The van der Waals surface area contributed by atoms with Crippen LogP contribution in [0.1, 0.15) is 51.9 Å². The SMILES string of the molecule is CCN(CCNC(=O)NC1CC2CCCC(C1)N2C)C1CC1. The first-order chi connectivity index (χ1) is 10.7. The zero-order valence-corrected chi connectivity index (χ0v) is 14.2. The van der Waals surface area contributed by atoms with Crippen LogP contribution < -0.4 is 10.6 Å². The molecule has 126 valence electrons. The van der Waals surface area contributed by atoms with Crippen LogP contribution >= 0.6 is 0 Å². The summed E-state index contributed by atoms with van der Waals surface area (Å²) in [7, 11) is 2.25. The standard InChI is InChI=1S/C17H32N4O/c1-3-21(14-7-8-14)10-9-18-17(22)19-13-11-15-5-4-6-16(12-13)20(15)2/h13-16H,3-12H2,1-2H3,(H2,18,19,22). The summed E-state index contributed by atoms with van der Waals surface area (Å²) in [6.45, 7) is 5.03. The summed E-state index contributed by atoms with van der Waals surface area (Å²) in [5.74, 6) is 0. The van der Waals surface area contributed by atoms with Crippen molar-refractivity contribution in [1.29, 1.82) is 0 Å². The number of carbonyl (C=O) groups excluding carboxylic acids is 1. The van der Waals surface area contributed by atoms with E-state index in [9.17, 15) is 4.79 Å². The molecule has 3 rings (SSSR count). The van der Waals surface area contributed by atoms with Gasteiger partial charge >= 0.3 is 6.03 Å². The molecule has 2 unspecified atom stereocenters. The first kappa shape index (κ1) is 16.1. The third kappa shape index (κ3) is 3.93. The van der Waals surface area contributed by atoms with Gasteiger partial charge in [-0.1, -0.05) is 13.3 Å². The van der Waals surface area contributed by atoms with Crippen molar-refractivity contribution in [1.82, 2.24) is 20.4 Å². The van der Waals surface area contributed by atoms with Crippen LogP contribution in [0.2, 0.25) is 0 Å². The summed E-state index contributed by atoms with van der Waals surface area (Å²) < 4.78 is 0. The number of likely N-dealkylation sites (N-methyl/N-ethyl adjacent to an activating group) is 1. The highest BCUT2D eigenvalue weighted by molar-refractivity contribution is 5.74. The molecule has 2 saturated heterocycles. The van der Waals surface area contributed by atoms with Gasteiger partial charge in [0.1, 0.15) is 0 Å². The first-order valence-electron chi connectivity index (χ1n) is 9.17. The van der Waals surface area contributed by atoms with E-state index in [1.165, 1.54) is 32.1 Å². The Labute approximate surface area is 134 Å². The number of carbonyl (C=O) groups is 1. The fourth-order valence-electron chi connectivity index (χ4n) is 4.32. The molecule has 2 N–H and O–H groups in total. The summed E-state index contributed by atoms with van der Waals surface area (Å²) in [6.07, 6.45) is 8.83. The predicted octanol–water partition coefficient (Wildman–Crippen LogP) is 1.79. The quantitative estimate of drug-likeness (QED) is 0.786. The molecular weight excluding hydrogens is 276 g/mol. The molecule has 0 aromatic carbocycles. The molecule has 2 bridgehead atoms. The number of urea groups is 1. The number of fused-ring (bicyclic) bond motifs is 2. The highest BCUT2D eigenvalue weighted by Crippen LogP contribution is 2.32. The van der Waals surface area contributed by atoms with Gasteiger partial charge in [-0.2, -0.15) is 0 Å². The molecule has 3 aliphatic rings. The fraction of sp³-hybridized carbons (Fsp3) is 0.941. The molecule has 5 nitrogen and oxygen atoms in total. The zero-order chi connectivity index (χ0) is 15.5. The van der Waals surface area contributed by atoms with Gasteiger partial charge < -0.3 is 15.5 Å². The highest BCUT2D eigenvalue weighted by Gasteiger charge is 2.36. The minimum atomic E-state index is 0.0273. The van der Waals surface area contributed by atoms with E-state index in [1.807, 2.05) is 0 Å². The fourth-order valence-corrected chi connectivity index (χ4v) is 4.32. The van der Waals surface area contributed by atoms with Gasteiger partial charge in [0.15, 0.2) is 0 Å². The largest absolute Gasteiger partial charge is 0.337 e.